The highest BCUT2D eigenvalue weighted by molar-refractivity contribution is 6.23. The molecule has 0 N–H and O–H groups in total. The summed E-state index contributed by atoms with van der Waals surface area (Å²) in [6, 6.07) is 39.9. The van der Waals surface area contributed by atoms with Gasteiger partial charge in [0.15, 0.2) is 5.58 Å². The molecular formula is C38H18N6O. The van der Waals surface area contributed by atoms with E-state index in [0.29, 0.717) is 22.3 Å². The molecule has 4 heterocycles. The Labute approximate surface area is 255 Å². The van der Waals surface area contributed by atoms with Gasteiger partial charge in [-0.3, -0.25) is 4.98 Å². The maximum absolute atomic E-state index is 10.3. The largest absolute Gasteiger partial charge is 0.454 e. The molecule has 0 radical (unpaired) electrons. The molecule has 0 aliphatic rings. The fourth-order valence-corrected chi connectivity index (χ4v) is 6.76. The fraction of sp³-hybridized carbons (Fsp3) is 0. The molecule has 206 valence electrons. The molecule has 0 aliphatic carbocycles. The van der Waals surface area contributed by atoms with Crippen molar-refractivity contribution in [1.82, 2.24) is 14.1 Å². The van der Waals surface area contributed by atoms with E-state index in [9.17, 15) is 15.8 Å². The number of furan rings is 1. The topological polar surface area (TPSA) is 107 Å². The van der Waals surface area contributed by atoms with Gasteiger partial charge < -0.3 is 13.6 Å². The predicted molar refractivity (Wildman–Crippen MR) is 174 cm³/mol. The van der Waals surface area contributed by atoms with Crippen molar-refractivity contribution in [1.29, 1.82) is 15.8 Å². The first kappa shape index (κ1) is 24.7. The zero-order valence-electron chi connectivity index (χ0n) is 23.5. The summed E-state index contributed by atoms with van der Waals surface area (Å²) >= 11 is 0. The lowest BCUT2D eigenvalue weighted by atomic mass is 10.1. The summed E-state index contributed by atoms with van der Waals surface area (Å²) in [5.41, 5.74) is 9.06. The third kappa shape index (κ3) is 3.40. The van der Waals surface area contributed by atoms with Gasteiger partial charge in [-0.1, -0.05) is 18.2 Å². The average molecular weight is 575 g/mol. The number of nitriles is 3. The van der Waals surface area contributed by atoms with Gasteiger partial charge in [0.05, 0.1) is 62.4 Å². The molecule has 45 heavy (non-hydrogen) atoms. The first-order valence-corrected chi connectivity index (χ1v) is 14.3. The minimum atomic E-state index is 0.494. The van der Waals surface area contributed by atoms with Gasteiger partial charge in [-0.2, -0.15) is 15.8 Å². The second kappa shape index (κ2) is 9.06. The lowest BCUT2D eigenvalue weighted by molar-refractivity contribution is 0.668. The van der Waals surface area contributed by atoms with Gasteiger partial charge in [-0.15, -0.1) is 0 Å². The van der Waals surface area contributed by atoms with Crippen LogP contribution in [0.15, 0.2) is 114 Å². The Kier molecular flexibility index (Phi) is 4.97. The monoisotopic (exact) mass is 574 g/mol. The lowest BCUT2D eigenvalue weighted by Crippen LogP contribution is -2.00. The quantitative estimate of drug-likeness (QED) is 0.205. The van der Waals surface area contributed by atoms with Crippen LogP contribution in [0.3, 0.4) is 0 Å². The molecule has 0 unspecified atom stereocenters. The van der Waals surface area contributed by atoms with Gasteiger partial charge in [-0.25, -0.2) is 0 Å². The van der Waals surface area contributed by atoms with Crippen molar-refractivity contribution in [2.24, 2.45) is 0 Å². The van der Waals surface area contributed by atoms with E-state index in [1.54, 1.807) is 18.3 Å². The molecule has 0 aliphatic heterocycles. The number of benzene rings is 5. The molecule has 4 aromatic heterocycles. The number of hydrogen-bond acceptors (Lipinski definition) is 5. The smallest absolute Gasteiger partial charge is 0.153 e. The van der Waals surface area contributed by atoms with E-state index in [-0.39, 0.29) is 0 Å². The molecule has 0 saturated carbocycles. The highest BCUT2D eigenvalue weighted by Gasteiger charge is 2.21. The maximum Gasteiger partial charge on any atom is 0.153 e. The molecule has 9 aromatic rings. The Balaban J connectivity index is 1.43. The van der Waals surface area contributed by atoms with Gasteiger partial charge in [0.25, 0.3) is 0 Å². The predicted octanol–water partition coefficient (Wildman–Crippen LogP) is 8.79. The standard InChI is InChI=1S/C38H18N6O/c39-19-22-7-10-32-29(16-22)30-17-23(20-40)8-11-33(30)43(32)25-14-24(21-41)15-26(18-25)44-31-5-2-1-4-27(31)28-9-12-34-36(38(28)44)37-35(45-34)6-3-13-42-37/h1-18H. The number of rotatable bonds is 2. The van der Waals surface area contributed by atoms with Crippen molar-refractivity contribution in [3.63, 3.8) is 0 Å². The van der Waals surface area contributed by atoms with Gasteiger partial charge in [0.1, 0.15) is 11.1 Å². The van der Waals surface area contributed by atoms with Crippen LogP contribution >= 0.6 is 0 Å². The van der Waals surface area contributed by atoms with Gasteiger partial charge in [-0.05, 0) is 84.9 Å². The SMILES string of the molecule is N#Cc1cc(-n2c3ccc(C#N)cc3c3cc(C#N)ccc32)cc(-n2c3ccccc3c3ccc4oc5cccnc5c4c32)c1. The van der Waals surface area contributed by atoms with Crippen LogP contribution < -0.4 is 0 Å². The molecule has 0 spiro atoms. The normalized spacial score (nSPS) is 11.5. The van der Waals surface area contributed by atoms with Crippen LogP contribution in [0.4, 0.5) is 0 Å². The lowest BCUT2D eigenvalue weighted by Gasteiger charge is -2.14. The summed E-state index contributed by atoms with van der Waals surface area (Å²) in [5, 5.41) is 34.3. The number of pyridine rings is 1. The molecular weight excluding hydrogens is 556 g/mol. The number of nitrogens with zero attached hydrogens (tertiary/aromatic N) is 6. The number of aromatic nitrogens is 3. The zero-order valence-corrected chi connectivity index (χ0v) is 23.5. The van der Waals surface area contributed by atoms with E-state index in [2.05, 4.69) is 51.6 Å². The van der Waals surface area contributed by atoms with E-state index in [0.717, 1.165) is 71.5 Å². The van der Waals surface area contributed by atoms with Crippen LogP contribution in [0, 0.1) is 34.0 Å². The van der Waals surface area contributed by atoms with Crippen LogP contribution in [0.1, 0.15) is 16.7 Å². The van der Waals surface area contributed by atoms with Crippen molar-refractivity contribution < 1.29 is 4.42 Å². The zero-order chi connectivity index (χ0) is 30.2. The number of para-hydroxylation sites is 1. The summed E-state index contributed by atoms with van der Waals surface area (Å²) in [7, 11) is 0. The van der Waals surface area contributed by atoms with Crippen LogP contribution in [0.2, 0.25) is 0 Å². The van der Waals surface area contributed by atoms with E-state index in [1.807, 2.05) is 66.7 Å². The van der Waals surface area contributed by atoms with Gasteiger partial charge >= 0.3 is 0 Å². The molecule has 9 rings (SSSR count). The Morgan fingerprint density at radius 2 is 1.20 bits per heavy atom. The maximum atomic E-state index is 10.3. The Morgan fingerprint density at radius 3 is 1.91 bits per heavy atom. The minimum Gasteiger partial charge on any atom is -0.454 e. The minimum absolute atomic E-state index is 0.494. The van der Waals surface area contributed by atoms with E-state index >= 15 is 0 Å². The van der Waals surface area contributed by atoms with E-state index < -0.39 is 0 Å². The van der Waals surface area contributed by atoms with E-state index in [1.165, 1.54) is 0 Å². The first-order valence-electron chi connectivity index (χ1n) is 14.3. The molecule has 7 heteroatoms. The van der Waals surface area contributed by atoms with Crippen LogP contribution in [-0.2, 0) is 0 Å². The molecule has 0 bridgehead atoms. The van der Waals surface area contributed by atoms with Crippen molar-refractivity contribution in [2.75, 3.05) is 0 Å². The second-order valence-electron chi connectivity index (χ2n) is 11.0. The molecule has 5 aromatic carbocycles. The Bertz CT molecular complexity index is 2790. The summed E-state index contributed by atoms with van der Waals surface area (Å²) in [4.78, 5) is 4.70. The summed E-state index contributed by atoms with van der Waals surface area (Å²) < 4.78 is 10.5. The highest BCUT2D eigenvalue weighted by Crippen LogP contribution is 2.41. The number of fused-ring (bicyclic) bond motifs is 10. The molecule has 0 atom stereocenters. The summed E-state index contributed by atoms with van der Waals surface area (Å²) in [6.45, 7) is 0. The highest BCUT2D eigenvalue weighted by atomic mass is 16.3. The third-order valence-corrected chi connectivity index (χ3v) is 8.60. The third-order valence-electron chi connectivity index (χ3n) is 8.60. The Morgan fingerprint density at radius 1 is 0.533 bits per heavy atom. The number of hydrogen-bond donors (Lipinski definition) is 0. The van der Waals surface area contributed by atoms with Crippen molar-refractivity contribution in [3.8, 4) is 29.6 Å². The second-order valence-corrected chi connectivity index (χ2v) is 11.0. The van der Waals surface area contributed by atoms with Crippen LogP contribution in [-0.4, -0.2) is 14.1 Å². The first-order chi connectivity index (χ1) is 22.2. The summed E-state index contributed by atoms with van der Waals surface area (Å²) in [6.07, 6.45) is 1.77. The molecule has 7 nitrogen and oxygen atoms in total. The van der Waals surface area contributed by atoms with Crippen molar-refractivity contribution in [2.45, 2.75) is 0 Å². The van der Waals surface area contributed by atoms with Gasteiger partial charge in [0.2, 0.25) is 0 Å². The average Bonchev–Trinajstić information content (AvgIpc) is 3.74. The van der Waals surface area contributed by atoms with Crippen molar-refractivity contribution in [3.05, 3.63) is 126 Å². The fourth-order valence-electron chi connectivity index (χ4n) is 6.76. The Hall–Kier alpha value is -6.88. The molecule has 0 amide bonds. The molecule has 0 saturated heterocycles. The van der Waals surface area contributed by atoms with Crippen LogP contribution in [0.5, 0.6) is 0 Å². The van der Waals surface area contributed by atoms with Crippen molar-refractivity contribution >= 4 is 65.7 Å². The van der Waals surface area contributed by atoms with Crippen LogP contribution in [0.25, 0.3) is 77.1 Å². The summed E-state index contributed by atoms with van der Waals surface area (Å²) in [5.74, 6) is 0. The van der Waals surface area contributed by atoms with E-state index in [4.69, 9.17) is 9.40 Å². The van der Waals surface area contributed by atoms with Gasteiger partial charge in [0, 0.05) is 39.1 Å². The molecule has 0 fully saturated rings.